The van der Waals surface area contributed by atoms with Crippen LogP contribution < -0.4 is 0 Å². The molecule has 16 heavy (non-hydrogen) atoms. The van der Waals surface area contributed by atoms with Gasteiger partial charge in [-0.2, -0.15) is 0 Å². The molecule has 0 saturated carbocycles. The number of carboxylic acid groups (broad SMARTS) is 1. The standard InChI is InChI=1S/C12H14BrNO2/c1-8-4-9-6-14(7-12(15)16)3-2-10(9)11(13)5-8/h4-5H,2-3,6-7H2,1H3,(H,15,16). The summed E-state index contributed by atoms with van der Waals surface area (Å²) in [5, 5.41) is 8.77. The lowest BCUT2D eigenvalue weighted by Gasteiger charge is -2.28. The van der Waals surface area contributed by atoms with E-state index in [1.54, 1.807) is 0 Å². The monoisotopic (exact) mass is 283 g/mol. The van der Waals surface area contributed by atoms with Gasteiger partial charge < -0.3 is 5.11 Å². The van der Waals surface area contributed by atoms with Crippen LogP contribution in [0.5, 0.6) is 0 Å². The Morgan fingerprint density at radius 2 is 2.31 bits per heavy atom. The van der Waals surface area contributed by atoms with Crippen molar-refractivity contribution in [2.75, 3.05) is 13.1 Å². The number of hydrogen-bond acceptors (Lipinski definition) is 2. The predicted octanol–water partition coefficient (Wildman–Crippen LogP) is 2.20. The van der Waals surface area contributed by atoms with E-state index in [-0.39, 0.29) is 6.54 Å². The Bertz CT molecular complexity index is 431. The molecule has 2 rings (SSSR count). The largest absolute Gasteiger partial charge is 0.480 e. The normalized spacial score (nSPS) is 15.9. The molecule has 1 aromatic rings. The minimum absolute atomic E-state index is 0.130. The molecule has 0 aromatic heterocycles. The van der Waals surface area contributed by atoms with Gasteiger partial charge in [0, 0.05) is 17.6 Å². The number of halogens is 1. The van der Waals surface area contributed by atoms with Crippen molar-refractivity contribution in [1.82, 2.24) is 4.90 Å². The quantitative estimate of drug-likeness (QED) is 0.905. The molecule has 3 nitrogen and oxygen atoms in total. The van der Waals surface area contributed by atoms with E-state index in [0.29, 0.717) is 0 Å². The van der Waals surface area contributed by atoms with Crippen LogP contribution in [0.25, 0.3) is 0 Å². The first kappa shape index (κ1) is 11.6. The molecular weight excluding hydrogens is 270 g/mol. The fourth-order valence-corrected chi connectivity index (χ4v) is 3.00. The molecular formula is C12H14BrNO2. The van der Waals surface area contributed by atoms with Crippen LogP contribution in [-0.4, -0.2) is 29.1 Å². The number of rotatable bonds is 2. The SMILES string of the molecule is Cc1cc(Br)c2c(c1)CN(CC(=O)O)CC2. The van der Waals surface area contributed by atoms with Crippen LogP contribution in [0.2, 0.25) is 0 Å². The van der Waals surface area contributed by atoms with Crippen molar-refractivity contribution in [1.29, 1.82) is 0 Å². The number of hydrogen-bond donors (Lipinski definition) is 1. The highest BCUT2D eigenvalue weighted by Crippen LogP contribution is 2.27. The zero-order valence-corrected chi connectivity index (χ0v) is 10.7. The molecule has 0 saturated heterocycles. The van der Waals surface area contributed by atoms with Gasteiger partial charge in [0.2, 0.25) is 0 Å². The summed E-state index contributed by atoms with van der Waals surface area (Å²) in [6, 6.07) is 4.26. The highest BCUT2D eigenvalue weighted by atomic mass is 79.9. The Kier molecular flexibility index (Phi) is 3.30. The summed E-state index contributed by atoms with van der Waals surface area (Å²) in [5.41, 5.74) is 3.79. The summed E-state index contributed by atoms with van der Waals surface area (Å²) in [6.45, 7) is 3.75. The Balaban J connectivity index is 2.23. The summed E-state index contributed by atoms with van der Waals surface area (Å²) in [7, 11) is 0. The molecule has 1 N–H and O–H groups in total. The van der Waals surface area contributed by atoms with Gasteiger partial charge in [-0.05, 0) is 36.1 Å². The average molecular weight is 284 g/mol. The lowest BCUT2D eigenvalue weighted by molar-refractivity contribution is -0.138. The predicted molar refractivity (Wildman–Crippen MR) is 65.5 cm³/mol. The van der Waals surface area contributed by atoms with Crippen molar-refractivity contribution < 1.29 is 9.90 Å². The number of benzene rings is 1. The molecule has 0 spiro atoms. The maximum atomic E-state index is 10.7. The summed E-state index contributed by atoms with van der Waals surface area (Å²) in [6.07, 6.45) is 0.920. The maximum Gasteiger partial charge on any atom is 0.317 e. The molecule has 0 aliphatic carbocycles. The van der Waals surface area contributed by atoms with Crippen molar-refractivity contribution in [3.63, 3.8) is 0 Å². The van der Waals surface area contributed by atoms with Crippen LogP contribution in [0, 0.1) is 6.92 Å². The van der Waals surface area contributed by atoms with E-state index in [2.05, 4.69) is 35.0 Å². The fourth-order valence-electron chi connectivity index (χ4n) is 2.18. The molecule has 1 aliphatic rings. The Hall–Kier alpha value is -0.870. The molecule has 1 aliphatic heterocycles. The molecule has 1 aromatic carbocycles. The molecule has 0 bridgehead atoms. The van der Waals surface area contributed by atoms with Gasteiger partial charge in [-0.25, -0.2) is 0 Å². The third-order valence-corrected chi connectivity index (χ3v) is 3.57. The van der Waals surface area contributed by atoms with Gasteiger partial charge in [0.25, 0.3) is 0 Å². The van der Waals surface area contributed by atoms with Gasteiger partial charge in [-0.15, -0.1) is 0 Å². The number of carbonyl (C=O) groups is 1. The number of aryl methyl sites for hydroxylation is 1. The van der Waals surface area contributed by atoms with E-state index in [1.807, 2.05) is 4.90 Å². The van der Waals surface area contributed by atoms with E-state index < -0.39 is 5.97 Å². The van der Waals surface area contributed by atoms with Crippen LogP contribution in [0.3, 0.4) is 0 Å². The van der Waals surface area contributed by atoms with Crippen LogP contribution in [0.15, 0.2) is 16.6 Å². The molecule has 0 amide bonds. The summed E-state index contributed by atoms with van der Waals surface area (Å²) >= 11 is 3.57. The topological polar surface area (TPSA) is 40.5 Å². The van der Waals surface area contributed by atoms with E-state index in [9.17, 15) is 4.79 Å². The van der Waals surface area contributed by atoms with Crippen LogP contribution >= 0.6 is 15.9 Å². The summed E-state index contributed by atoms with van der Waals surface area (Å²) < 4.78 is 1.15. The van der Waals surface area contributed by atoms with Gasteiger partial charge in [-0.3, -0.25) is 9.69 Å². The third-order valence-electron chi connectivity index (χ3n) is 2.86. The maximum absolute atomic E-state index is 10.7. The van der Waals surface area contributed by atoms with Gasteiger partial charge in [-0.1, -0.05) is 22.0 Å². The van der Waals surface area contributed by atoms with E-state index >= 15 is 0 Å². The molecule has 0 unspecified atom stereocenters. The summed E-state index contributed by atoms with van der Waals surface area (Å²) in [5.74, 6) is -0.754. The zero-order valence-electron chi connectivity index (χ0n) is 9.16. The minimum Gasteiger partial charge on any atom is -0.480 e. The number of fused-ring (bicyclic) bond motifs is 1. The highest BCUT2D eigenvalue weighted by Gasteiger charge is 2.19. The molecule has 1 heterocycles. The van der Waals surface area contributed by atoms with Crippen molar-refractivity contribution in [2.45, 2.75) is 19.9 Å². The molecule has 0 fully saturated rings. The number of carboxylic acids is 1. The average Bonchev–Trinajstić information content (AvgIpc) is 2.15. The van der Waals surface area contributed by atoms with Gasteiger partial charge in [0.05, 0.1) is 6.54 Å². The lowest BCUT2D eigenvalue weighted by atomic mass is 9.98. The minimum atomic E-state index is -0.754. The van der Waals surface area contributed by atoms with Crippen LogP contribution in [0.1, 0.15) is 16.7 Å². The van der Waals surface area contributed by atoms with Crippen molar-refractivity contribution in [3.8, 4) is 0 Å². The molecule has 0 atom stereocenters. The summed E-state index contributed by atoms with van der Waals surface area (Å²) in [4.78, 5) is 12.6. The second-order valence-corrected chi connectivity index (χ2v) is 5.09. The fraction of sp³-hybridized carbons (Fsp3) is 0.417. The van der Waals surface area contributed by atoms with E-state index in [1.165, 1.54) is 16.7 Å². The first-order valence-electron chi connectivity index (χ1n) is 5.28. The van der Waals surface area contributed by atoms with Crippen molar-refractivity contribution in [2.24, 2.45) is 0 Å². The lowest BCUT2D eigenvalue weighted by Crippen LogP contribution is -2.34. The smallest absolute Gasteiger partial charge is 0.317 e. The van der Waals surface area contributed by atoms with Crippen molar-refractivity contribution in [3.05, 3.63) is 33.3 Å². The highest BCUT2D eigenvalue weighted by molar-refractivity contribution is 9.10. The zero-order chi connectivity index (χ0) is 11.7. The van der Waals surface area contributed by atoms with Gasteiger partial charge >= 0.3 is 5.97 Å². The van der Waals surface area contributed by atoms with Gasteiger partial charge in [0.1, 0.15) is 0 Å². The Morgan fingerprint density at radius 1 is 1.56 bits per heavy atom. The van der Waals surface area contributed by atoms with E-state index in [0.717, 1.165) is 24.0 Å². The molecule has 4 heteroatoms. The second-order valence-electron chi connectivity index (χ2n) is 4.24. The Labute approximate surface area is 103 Å². The molecule has 86 valence electrons. The molecule has 0 radical (unpaired) electrons. The van der Waals surface area contributed by atoms with Gasteiger partial charge in [0.15, 0.2) is 0 Å². The second kappa shape index (κ2) is 4.55. The number of aliphatic carboxylic acids is 1. The Morgan fingerprint density at radius 3 is 3.00 bits per heavy atom. The van der Waals surface area contributed by atoms with Crippen molar-refractivity contribution >= 4 is 21.9 Å². The van der Waals surface area contributed by atoms with Crippen LogP contribution in [-0.2, 0) is 17.8 Å². The third kappa shape index (κ3) is 2.44. The number of nitrogens with zero attached hydrogens (tertiary/aromatic N) is 1. The van der Waals surface area contributed by atoms with Crippen LogP contribution in [0.4, 0.5) is 0 Å². The first-order valence-corrected chi connectivity index (χ1v) is 6.07. The first-order chi connectivity index (χ1) is 7.56. The van der Waals surface area contributed by atoms with E-state index in [4.69, 9.17) is 5.11 Å².